The van der Waals surface area contributed by atoms with E-state index in [0.717, 1.165) is 12.8 Å². The Bertz CT molecular complexity index is 598. The van der Waals surface area contributed by atoms with Crippen LogP contribution in [-0.2, 0) is 4.79 Å². The van der Waals surface area contributed by atoms with Crippen LogP contribution in [0.5, 0.6) is 0 Å². The Kier molecular flexibility index (Phi) is 4.61. The van der Waals surface area contributed by atoms with Gasteiger partial charge in [0.2, 0.25) is 11.6 Å². The van der Waals surface area contributed by atoms with E-state index in [1.54, 1.807) is 24.3 Å². The molecule has 0 saturated heterocycles. The highest BCUT2D eigenvalue weighted by molar-refractivity contribution is 6.52. The number of aliphatic hydroxyl groups excluding tert-OH is 1. The van der Waals surface area contributed by atoms with E-state index in [2.05, 4.69) is 20.8 Å². The SMILES string of the molecule is CCC(C)C(C)CCC1=C(O)c2ccccc2C(=O)C1=O. The van der Waals surface area contributed by atoms with Crippen molar-refractivity contribution in [3.63, 3.8) is 0 Å². The monoisotopic (exact) mass is 286 g/mol. The Labute approximate surface area is 125 Å². The molecule has 1 aliphatic rings. The number of carbonyl (C=O) groups is 2. The molecule has 1 N–H and O–H groups in total. The van der Waals surface area contributed by atoms with Crippen LogP contribution in [0.2, 0.25) is 0 Å². The van der Waals surface area contributed by atoms with E-state index in [0.29, 0.717) is 29.4 Å². The lowest BCUT2D eigenvalue weighted by molar-refractivity contribution is -0.112. The van der Waals surface area contributed by atoms with E-state index in [9.17, 15) is 14.7 Å². The lowest BCUT2D eigenvalue weighted by atomic mass is 9.83. The molecule has 2 rings (SSSR count). The van der Waals surface area contributed by atoms with Crippen molar-refractivity contribution in [2.24, 2.45) is 11.8 Å². The molecule has 0 bridgehead atoms. The van der Waals surface area contributed by atoms with Crippen LogP contribution in [0.25, 0.3) is 5.76 Å². The lowest BCUT2D eigenvalue weighted by Gasteiger charge is -2.21. The summed E-state index contributed by atoms with van der Waals surface area (Å²) in [4.78, 5) is 24.3. The van der Waals surface area contributed by atoms with Gasteiger partial charge >= 0.3 is 0 Å². The lowest BCUT2D eigenvalue weighted by Crippen LogP contribution is -2.24. The van der Waals surface area contributed by atoms with Crippen molar-refractivity contribution in [2.75, 3.05) is 0 Å². The molecule has 0 aliphatic heterocycles. The minimum absolute atomic E-state index is 0.0217. The predicted molar refractivity (Wildman–Crippen MR) is 83.2 cm³/mol. The molecule has 0 fully saturated rings. The Morgan fingerprint density at radius 1 is 1.00 bits per heavy atom. The summed E-state index contributed by atoms with van der Waals surface area (Å²) in [5.74, 6) is -0.0616. The molecule has 112 valence electrons. The first kappa shape index (κ1) is 15.5. The fraction of sp³-hybridized carbons (Fsp3) is 0.444. The number of hydrogen-bond donors (Lipinski definition) is 1. The van der Waals surface area contributed by atoms with Gasteiger partial charge in [-0.1, -0.05) is 51.5 Å². The summed E-state index contributed by atoms with van der Waals surface area (Å²) >= 11 is 0. The van der Waals surface area contributed by atoms with Gasteiger partial charge in [-0.25, -0.2) is 0 Å². The van der Waals surface area contributed by atoms with Gasteiger partial charge in [0.25, 0.3) is 0 Å². The third kappa shape index (κ3) is 2.92. The summed E-state index contributed by atoms with van der Waals surface area (Å²) in [5.41, 5.74) is 1.06. The summed E-state index contributed by atoms with van der Waals surface area (Å²) in [6.45, 7) is 6.47. The number of hydrogen-bond acceptors (Lipinski definition) is 3. The molecule has 0 spiro atoms. The molecule has 3 nitrogen and oxygen atoms in total. The zero-order chi connectivity index (χ0) is 15.6. The molecule has 1 aromatic carbocycles. The number of carbonyl (C=O) groups excluding carboxylic acids is 2. The summed E-state index contributed by atoms with van der Waals surface area (Å²) < 4.78 is 0. The third-order valence-electron chi connectivity index (χ3n) is 4.66. The summed E-state index contributed by atoms with van der Waals surface area (Å²) in [6, 6.07) is 6.74. The smallest absolute Gasteiger partial charge is 0.234 e. The van der Waals surface area contributed by atoms with Gasteiger partial charge in [-0.2, -0.15) is 0 Å². The maximum absolute atomic E-state index is 12.2. The number of ketones is 2. The van der Waals surface area contributed by atoms with E-state index < -0.39 is 11.6 Å². The molecule has 1 aliphatic carbocycles. The fourth-order valence-corrected chi connectivity index (χ4v) is 2.71. The molecule has 1 aromatic rings. The van der Waals surface area contributed by atoms with Crippen LogP contribution in [-0.4, -0.2) is 16.7 Å². The van der Waals surface area contributed by atoms with Crippen LogP contribution in [0.4, 0.5) is 0 Å². The van der Waals surface area contributed by atoms with Gasteiger partial charge in [0.15, 0.2) is 0 Å². The first-order valence-corrected chi connectivity index (χ1v) is 7.57. The van der Waals surface area contributed by atoms with Crippen molar-refractivity contribution in [1.29, 1.82) is 0 Å². The molecule has 3 heteroatoms. The summed E-state index contributed by atoms with van der Waals surface area (Å²) in [7, 11) is 0. The van der Waals surface area contributed by atoms with E-state index in [1.807, 2.05) is 0 Å². The topological polar surface area (TPSA) is 54.4 Å². The van der Waals surface area contributed by atoms with Crippen LogP contribution in [0, 0.1) is 11.8 Å². The maximum Gasteiger partial charge on any atom is 0.234 e. The van der Waals surface area contributed by atoms with Crippen molar-refractivity contribution in [3.8, 4) is 0 Å². The van der Waals surface area contributed by atoms with Crippen LogP contribution >= 0.6 is 0 Å². The molecule has 0 amide bonds. The molecule has 0 heterocycles. The molecule has 2 unspecified atom stereocenters. The van der Waals surface area contributed by atoms with Gasteiger partial charge in [0.05, 0.1) is 0 Å². The highest BCUT2D eigenvalue weighted by Crippen LogP contribution is 2.31. The normalized spacial score (nSPS) is 17.7. The Hall–Kier alpha value is -1.90. The fourth-order valence-electron chi connectivity index (χ4n) is 2.71. The van der Waals surface area contributed by atoms with E-state index in [1.165, 1.54) is 0 Å². The summed E-state index contributed by atoms with van der Waals surface area (Å²) in [6.07, 6.45) is 2.34. The molecular formula is C18H22O3. The Morgan fingerprint density at radius 3 is 2.24 bits per heavy atom. The molecule has 21 heavy (non-hydrogen) atoms. The highest BCUT2D eigenvalue weighted by atomic mass is 16.3. The van der Waals surface area contributed by atoms with Gasteiger partial charge < -0.3 is 5.11 Å². The van der Waals surface area contributed by atoms with Gasteiger partial charge in [0, 0.05) is 16.7 Å². The number of allylic oxidation sites excluding steroid dienone is 1. The second-order valence-corrected chi connectivity index (χ2v) is 5.93. The van der Waals surface area contributed by atoms with Crippen molar-refractivity contribution < 1.29 is 14.7 Å². The highest BCUT2D eigenvalue weighted by Gasteiger charge is 2.32. The minimum atomic E-state index is -0.553. The molecule has 2 atom stereocenters. The number of aliphatic hydroxyl groups is 1. The standard InChI is InChI=1S/C18H22O3/c1-4-11(2)12(3)9-10-15-16(19)13-7-5-6-8-14(13)17(20)18(15)21/h5-8,11-12,19H,4,9-10H2,1-3H3. The average Bonchev–Trinajstić information content (AvgIpc) is 2.51. The molecular weight excluding hydrogens is 264 g/mol. The van der Waals surface area contributed by atoms with E-state index >= 15 is 0 Å². The first-order chi connectivity index (χ1) is 9.97. The maximum atomic E-state index is 12.2. The van der Waals surface area contributed by atoms with Crippen molar-refractivity contribution >= 4 is 17.3 Å². The van der Waals surface area contributed by atoms with Crippen molar-refractivity contribution in [3.05, 3.63) is 41.0 Å². The van der Waals surface area contributed by atoms with Gasteiger partial charge in [-0.15, -0.1) is 0 Å². The van der Waals surface area contributed by atoms with Gasteiger partial charge in [0.1, 0.15) is 5.76 Å². The van der Waals surface area contributed by atoms with E-state index in [4.69, 9.17) is 0 Å². The van der Waals surface area contributed by atoms with Crippen LogP contribution in [0.15, 0.2) is 29.8 Å². The Balaban J connectivity index is 2.26. The molecule has 0 aromatic heterocycles. The average molecular weight is 286 g/mol. The largest absolute Gasteiger partial charge is 0.507 e. The van der Waals surface area contributed by atoms with Crippen LogP contribution < -0.4 is 0 Å². The predicted octanol–water partition coefficient (Wildman–Crippen LogP) is 4.18. The molecule has 0 radical (unpaired) electrons. The number of Topliss-reactive ketones (excluding diaryl/α,β-unsaturated/α-hetero) is 2. The summed E-state index contributed by atoms with van der Waals surface area (Å²) in [5, 5.41) is 10.3. The number of rotatable bonds is 5. The molecule has 0 saturated carbocycles. The Morgan fingerprint density at radius 2 is 1.62 bits per heavy atom. The van der Waals surface area contributed by atoms with Gasteiger partial charge in [-0.05, 0) is 24.7 Å². The van der Waals surface area contributed by atoms with Crippen LogP contribution in [0.1, 0.15) is 56.0 Å². The van der Waals surface area contributed by atoms with Crippen LogP contribution in [0.3, 0.4) is 0 Å². The van der Waals surface area contributed by atoms with Crippen molar-refractivity contribution in [2.45, 2.75) is 40.0 Å². The van der Waals surface area contributed by atoms with E-state index in [-0.39, 0.29) is 11.3 Å². The number of benzene rings is 1. The third-order valence-corrected chi connectivity index (χ3v) is 4.66. The van der Waals surface area contributed by atoms with Crippen molar-refractivity contribution in [1.82, 2.24) is 0 Å². The zero-order valence-electron chi connectivity index (χ0n) is 12.8. The second kappa shape index (κ2) is 6.25. The second-order valence-electron chi connectivity index (χ2n) is 5.93. The minimum Gasteiger partial charge on any atom is -0.507 e. The van der Waals surface area contributed by atoms with Gasteiger partial charge in [-0.3, -0.25) is 9.59 Å². The quantitative estimate of drug-likeness (QED) is 0.826. The number of fused-ring (bicyclic) bond motifs is 1. The first-order valence-electron chi connectivity index (χ1n) is 7.57. The zero-order valence-corrected chi connectivity index (χ0v) is 12.8.